The maximum Gasteiger partial charge on any atom is 0.134 e. The van der Waals surface area contributed by atoms with Gasteiger partial charge in [-0.2, -0.15) is 0 Å². The van der Waals surface area contributed by atoms with E-state index in [0.717, 1.165) is 51.0 Å². The predicted molar refractivity (Wildman–Crippen MR) is 149 cm³/mol. The number of aromatic nitrogens is 2. The van der Waals surface area contributed by atoms with E-state index in [1.54, 1.807) is 6.33 Å². The molecule has 0 saturated carbocycles. The highest BCUT2D eigenvalue weighted by Crippen LogP contribution is 2.23. The zero-order valence-electron chi connectivity index (χ0n) is 21.5. The van der Waals surface area contributed by atoms with Crippen molar-refractivity contribution in [3.8, 4) is 0 Å². The SMILES string of the molecule is CN(Cc1ccccc1)c1cc(N(Cc2ccccc2)C[C@H]2COCN(Cc3ccccc3)C2)ncn1. The second-order valence-corrected chi connectivity index (χ2v) is 9.81. The standard InChI is InChI=1S/C31H35N5O/c1-34(18-26-11-5-2-6-12-26)30-17-31(33-24-32-30)36(21-28-15-9-4-10-16-28)22-29-20-35(25-37-23-29)19-27-13-7-3-8-14-27/h2-17,24,29H,18-23,25H2,1H3/t29-/m0/s1. The molecule has 1 aliphatic heterocycles. The minimum atomic E-state index is 0.377. The molecular weight excluding hydrogens is 458 g/mol. The summed E-state index contributed by atoms with van der Waals surface area (Å²) in [7, 11) is 2.08. The minimum absolute atomic E-state index is 0.377. The fourth-order valence-electron chi connectivity index (χ4n) is 4.89. The lowest BCUT2D eigenvalue weighted by Gasteiger charge is -2.36. The lowest BCUT2D eigenvalue weighted by Crippen LogP contribution is -2.44. The number of benzene rings is 3. The van der Waals surface area contributed by atoms with Crippen LogP contribution in [0.4, 0.5) is 11.6 Å². The summed E-state index contributed by atoms with van der Waals surface area (Å²) in [5.74, 6) is 2.23. The van der Waals surface area contributed by atoms with Gasteiger partial charge in [0, 0.05) is 51.8 Å². The van der Waals surface area contributed by atoms with Crippen LogP contribution in [0.1, 0.15) is 16.7 Å². The van der Waals surface area contributed by atoms with E-state index >= 15 is 0 Å². The molecule has 5 rings (SSSR count). The number of anilines is 2. The topological polar surface area (TPSA) is 44.7 Å². The Hall–Kier alpha value is -3.74. The number of rotatable bonds is 10. The monoisotopic (exact) mass is 493 g/mol. The van der Waals surface area contributed by atoms with Gasteiger partial charge >= 0.3 is 0 Å². The van der Waals surface area contributed by atoms with Crippen LogP contribution >= 0.6 is 0 Å². The van der Waals surface area contributed by atoms with Gasteiger partial charge < -0.3 is 14.5 Å². The predicted octanol–water partition coefficient (Wildman–Crippen LogP) is 5.23. The summed E-state index contributed by atoms with van der Waals surface area (Å²) < 4.78 is 6.04. The third kappa shape index (κ3) is 7.15. The smallest absolute Gasteiger partial charge is 0.134 e. The van der Waals surface area contributed by atoms with Gasteiger partial charge in [0.1, 0.15) is 18.0 Å². The summed E-state index contributed by atoms with van der Waals surface area (Å²) >= 11 is 0. The number of nitrogens with zero attached hydrogens (tertiary/aromatic N) is 5. The second kappa shape index (κ2) is 12.5. The number of hydrogen-bond donors (Lipinski definition) is 0. The highest BCUT2D eigenvalue weighted by atomic mass is 16.5. The molecule has 0 radical (unpaired) electrons. The van der Waals surface area contributed by atoms with Crippen LogP contribution < -0.4 is 9.80 Å². The molecule has 3 aromatic carbocycles. The molecule has 190 valence electrons. The van der Waals surface area contributed by atoms with Crippen LogP contribution in [0, 0.1) is 5.92 Å². The average Bonchev–Trinajstić information content (AvgIpc) is 2.95. The molecular formula is C31H35N5O. The molecule has 6 heteroatoms. The van der Waals surface area contributed by atoms with E-state index in [4.69, 9.17) is 9.72 Å². The van der Waals surface area contributed by atoms with E-state index in [9.17, 15) is 0 Å². The van der Waals surface area contributed by atoms with E-state index in [0.29, 0.717) is 12.6 Å². The first-order chi connectivity index (χ1) is 18.2. The fourth-order valence-corrected chi connectivity index (χ4v) is 4.89. The molecule has 1 atom stereocenters. The zero-order valence-corrected chi connectivity index (χ0v) is 21.5. The Balaban J connectivity index is 1.32. The Bertz CT molecular complexity index is 1220. The molecule has 37 heavy (non-hydrogen) atoms. The summed E-state index contributed by atoms with van der Waals surface area (Å²) in [6.07, 6.45) is 1.68. The van der Waals surface area contributed by atoms with Crippen molar-refractivity contribution < 1.29 is 4.74 Å². The highest BCUT2D eigenvalue weighted by Gasteiger charge is 2.24. The van der Waals surface area contributed by atoms with Crippen molar-refractivity contribution in [2.75, 3.05) is 43.3 Å². The molecule has 0 aliphatic carbocycles. The zero-order chi connectivity index (χ0) is 25.3. The van der Waals surface area contributed by atoms with Crippen molar-refractivity contribution in [2.24, 2.45) is 5.92 Å². The third-order valence-corrected chi connectivity index (χ3v) is 6.70. The molecule has 2 heterocycles. The fraction of sp³-hybridized carbons (Fsp3) is 0.290. The molecule has 1 aliphatic rings. The van der Waals surface area contributed by atoms with Crippen LogP contribution in [0.2, 0.25) is 0 Å². The van der Waals surface area contributed by atoms with Crippen molar-refractivity contribution in [3.63, 3.8) is 0 Å². The van der Waals surface area contributed by atoms with Crippen LogP contribution in [0.15, 0.2) is 103 Å². The van der Waals surface area contributed by atoms with Gasteiger partial charge in [0.15, 0.2) is 0 Å². The van der Waals surface area contributed by atoms with Crippen LogP contribution in [-0.2, 0) is 24.4 Å². The van der Waals surface area contributed by atoms with Gasteiger partial charge in [-0.05, 0) is 16.7 Å². The molecule has 6 nitrogen and oxygen atoms in total. The van der Waals surface area contributed by atoms with Gasteiger partial charge in [-0.1, -0.05) is 91.0 Å². The van der Waals surface area contributed by atoms with E-state index in [2.05, 4.69) is 118 Å². The quantitative estimate of drug-likeness (QED) is 0.302. The number of hydrogen-bond acceptors (Lipinski definition) is 6. The van der Waals surface area contributed by atoms with Crippen LogP contribution in [0.3, 0.4) is 0 Å². The van der Waals surface area contributed by atoms with Crippen molar-refractivity contribution in [2.45, 2.75) is 19.6 Å². The summed E-state index contributed by atoms with van der Waals surface area (Å²) in [4.78, 5) is 16.2. The Morgan fingerprint density at radius 1 is 0.784 bits per heavy atom. The van der Waals surface area contributed by atoms with Crippen LogP contribution in [-0.4, -0.2) is 48.3 Å². The molecule has 1 saturated heterocycles. The largest absolute Gasteiger partial charge is 0.366 e. The normalized spacial score (nSPS) is 15.9. The van der Waals surface area contributed by atoms with Crippen LogP contribution in [0.25, 0.3) is 0 Å². The first-order valence-electron chi connectivity index (χ1n) is 12.9. The van der Waals surface area contributed by atoms with Crippen molar-refractivity contribution in [1.29, 1.82) is 0 Å². The highest BCUT2D eigenvalue weighted by molar-refractivity contribution is 5.50. The Labute approximate surface area is 220 Å². The van der Waals surface area contributed by atoms with Crippen molar-refractivity contribution >= 4 is 11.6 Å². The average molecular weight is 494 g/mol. The summed E-state index contributed by atoms with van der Waals surface area (Å²) in [5, 5.41) is 0. The van der Waals surface area contributed by atoms with Gasteiger partial charge in [-0.15, -0.1) is 0 Å². The van der Waals surface area contributed by atoms with E-state index in [1.165, 1.54) is 16.7 Å². The maximum absolute atomic E-state index is 6.04. The lowest BCUT2D eigenvalue weighted by molar-refractivity contribution is -0.0480. The molecule has 0 amide bonds. The molecule has 0 N–H and O–H groups in total. The van der Waals surface area contributed by atoms with Gasteiger partial charge in [0.05, 0.1) is 13.3 Å². The second-order valence-electron chi connectivity index (χ2n) is 9.81. The molecule has 0 bridgehead atoms. The molecule has 4 aromatic rings. The molecule has 0 unspecified atom stereocenters. The van der Waals surface area contributed by atoms with E-state index in [1.807, 2.05) is 6.07 Å². The van der Waals surface area contributed by atoms with Gasteiger partial charge in [0.2, 0.25) is 0 Å². The number of ether oxygens (including phenoxy) is 1. The Morgan fingerprint density at radius 3 is 2.05 bits per heavy atom. The van der Waals surface area contributed by atoms with Gasteiger partial charge in [-0.3, -0.25) is 4.90 Å². The lowest BCUT2D eigenvalue weighted by atomic mass is 10.1. The first-order valence-corrected chi connectivity index (χ1v) is 12.9. The minimum Gasteiger partial charge on any atom is -0.366 e. The third-order valence-electron chi connectivity index (χ3n) is 6.70. The maximum atomic E-state index is 6.04. The Morgan fingerprint density at radius 2 is 1.38 bits per heavy atom. The Kier molecular flexibility index (Phi) is 8.41. The molecule has 1 fully saturated rings. The van der Waals surface area contributed by atoms with Crippen molar-refractivity contribution in [1.82, 2.24) is 14.9 Å². The van der Waals surface area contributed by atoms with E-state index in [-0.39, 0.29) is 0 Å². The summed E-state index contributed by atoms with van der Waals surface area (Å²) in [5.41, 5.74) is 3.83. The van der Waals surface area contributed by atoms with E-state index < -0.39 is 0 Å². The van der Waals surface area contributed by atoms with Gasteiger partial charge in [-0.25, -0.2) is 9.97 Å². The first kappa shape index (κ1) is 24.9. The summed E-state index contributed by atoms with van der Waals surface area (Å²) in [6, 6.07) is 33.8. The van der Waals surface area contributed by atoms with Gasteiger partial charge in [0.25, 0.3) is 0 Å². The summed E-state index contributed by atoms with van der Waals surface area (Å²) in [6.45, 7) is 5.76. The molecule has 0 spiro atoms. The van der Waals surface area contributed by atoms with Crippen molar-refractivity contribution in [3.05, 3.63) is 120 Å². The van der Waals surface area contributed by atoms with Crippen LogP contribution in [0.5, 0.6) is 0 Å². The molecule has 1 aromatic heterocycles.